The molecule has 0 aromatic carbocycles. The summed E-state index contributed by atoms with van der Waals surface area (Å²) in [4.78, 5) is 32.6. The minimum Gasteiger partial charge on any atom is -0.444 e. The van der Waals surface area contributed by atoms with E-state index in [0.29, 0.717) is 31.1 Å². The highest BCUT2D eigenvalue weighted by atomic mass is 16.6. The molecule has 2 N–H and O–H groups in total. The van der Waals surface area contributed by atoms with Gasteiger partial charge in [0.15, 0.2) is 0 Å². The van der Waals surface area contributed by atoms with Crippen LogP contribution in [0.1, 0.15) is 34.6 Å². The first kappa shape index (κ1) is 18.0. The molecule has 1 saturated heterocycles. The van der Waals surface area contributed by atoms with Gasteiger partial charge in [-0.3, -0.25) is 4.79 Å². The lowest BCUT2D eigenvalue weighted by molar-refractivity contribution is -0.126. The monoisotopic (exact) mass is 334 g/mol. The summed E-state index contributed by atoms with van der Waals surface area (Å²) >= 11 is 0. The smallest absolute Gasteiger partial charge is 0.410 e. The van der Waals surface area contributed by atoms with Crippen LogP contribution in [0, 0.1) is 5.41 Å². The van der Waals surface area contributed by atoms with Gasteiger partial charge in [-0.1, -0.05) is 0 Å². The van der Waals surface area contributed by atoms with E-state index in [-0.39, 0.29) is 5.91 Å². The molecule has 2 rings (SSSR count). The van der Waals surface area contributed by atoms with Gasteiger partial charge in [0.2, 0.25) is 5.91 Å². The largest absolute Gasteiger partial charge is 0.444 e. The van der Waals surface area contributed by atoms with E-state index >= 15 is 0 Å². The number of pyridine rings is 1. The van der Waals surface area contributed by atoms with E-state index in [1.54, 1.807) is 28.1 Å². The highest BCUT2D eigenvalue weighted by molar-refractivity contribution is 5.98. The number of carbonyl (C=O) groups is 2. The number of rotatable bonds is 1. The summed E-state index contributed by atoms with van der Waals surface area (Å²) < 4.78 is 5.45. The number of nitrogens with two attached hydrogens (primary N) is 1. The van der Waals surface area contributed by atoms with Crippen molar-refractivity contribution in [1.29, 1.82) is 0 Å². The maximum Gasteiger partial charge on any atom is 0.410 e. The zero-order chi connectivity index (χ0) is 18.1. The van der Waals surface area contributed by atoms with E-state index in [1.807, 2.05) is 34.6 Å². The quantitative estimate of drug-likeness (QED) is 0.851. The van der Waals surface area contributed by atoms with Crippen molar-refractivity contribution in [2.45, 2.75) is 40.2 Å². The maximum absolute atomic E-state index is 12.9. The number of carbonyl (C=O) groups excluding carboxylic acids is 2. The summed E-state index contributed by atoms with van der Waals surface area (Å²) in [5.74, 6) is 0.343. The Morgan fingerprint density at radius 1 is 1.29 bits per heavy atom. The van der Waals surface area contributed by atoms with E-state index in [1.165, 1.54) is 0 Å². The number of ether oxygens (including phenoxy) is 1. The second kappa shape index (κ2) is 6.30. The Morgan fingerprint density at radius 2 is 1.96 bits per heavy atom. The molecule has 0 spiro atoms. The van der Waals surface area contributed by atoms with Gasteiger partial charge in [0.25, 0.3) is 0 Å². The zero-order valence-electron chi connectivity index (χ0n) is 15.0. The van der Waals surface area contributed by atoms with Gasteiger partial charge in [-0.25, -0.2) is 9.78 Å². The van der Waals surface area contributed by atoms with Gasteiger partial charge in [0.1, 0.15) is 11.4 Å². The van der Waals surface area contributed by atoms with Crippen molar-refractivity contribution in [1.82, 2.24) is 9.88 Å². The third kappa shape index (κ3) is 4.15. The van der Waals surface area contributed by atoms with E-state index < -0.39 is 17.1 Å². The average molecular weight is 334 g/mol. The number of aromatic nitrogens is 1. The molecule has 24 heavy (non-hydrogen) atoms. The molecular weight excluding hydrogens is 308 g/mol. The second-order valence-electron chi connectivity index (χ2n) is 7.68. The fourth-order valence-electron chi connectivity index (χ4n) is 2.60. The molecule has 2 heterocycles. The van der Waals surface area contributed by atoms with Gasteiger partial charge >= 0.3 is 6.09 Å². The van der Waals surface area contributed by atoms with Crippen LogP contribution in [0.5, 0.6) is 0 Å². The first-order valence-corrected chi connectivity index (χ1v) is 8.01. The van der Waals surface area contributed by atoms with E-state index in [0.717, 1.165) is 0 Å². The molecule has 1 aromatic heterocycles. The molecule has 1 aliphatic heterocycles. The normalized spacial score (nSPS) is 18.3. The predicted molar refractivity (Wildman–Crippen MR) is 92.6 cm³/mol. The lowest BCUT2D eigenvalue weighted by Crippen LogP contribution is -2.44. The van der Waals surface area contributed by atoms with Gasteiger partial charge in [0, 0.05) is 19.6 Å². The Balaban J connectivity index is 2.23. The maximum atomic E-state index is 12.9. The lowest BCUT2D eigenvalue weighted by atomic mass is 9.91. The summed E-state index contributed by atoms with van der Waals surface area (Å²) in [6.07, 6.45) is 1.17. The molecule has 7 heteroatoms. The van der Waals surface area contributed by atoms with Crippen molar-refractivity contribution in [2.24, 2.45) is 5.41 Å². The Kier molecular flexibility index (Phi) is 4.73. The van der Waals surface area contributed by atoms with Crippen LogP contribution < -0.4 is 10.6 Å². The fraction of sp³-hybridized carbons (Fsp3) is 0.588. The van der Waals surface area contributed by atoms with Crippen LogP contribution in [0.3, 0.4) is 0 Å². The van der Waals surface area contributed by atoms with Crippen LogP contribution in [0.4, 0.5) is 16.3 Å². The van der Waals surface area contributed by atoms with Gasteiger partial charge in [-0.05, 0) is 46.8 Å². The first-order chi connectivity index (χ1) is 11.0. The standard InChI is InChI=1S/C17H26N4O3/c1-16(2,3)24-15(23)20-8-9-21(14(22)17(4,5)11-20)12-6-7-13(18)19-10-12/h6-7,10H,8-9,11H2,1-5H3,(H2,18,19). The summed E-state index contributed by atoms with van der Waals surface area (Å²) in [5, 5.41) is 0. The van der Waals surface area contributed by atoms with Crippen LogP contribution in [0.15, 0.2) is 18.3 Å². The number of hydrogen-bond donors (Lipinski definition) is 1. The first-order valence-electron chi connectivity index (χ1n) is 8.01. The Labute approximate surface area is 142 Å². The molecule has 7 nitrogen and oxygen atoms in total. The van der Waals surface area contributed by atoms with Gasteiger partial charge in [0.05, 0.1) is 17.3 Å². The molecule has 1 fully saturated rings. The number of nitrogen functional groups attached to an aromatic ring is 1. The summed E-state index contributed by atoms with van der Waals surface area (Å²) in [5.41, 5.74) is 4.99. The minimum absolute atomic E-state index is 0.0554. The number of hydrogen-bond acceptors (Lipinski definition) is 5. The number of amides is 2. The molecule has 0 bridgehead atoms. The number of anilines is 2. The highest BCUT2D eigenvalue weighted by Gasteiger charge is 2.40. The Bertz CT molecular complexity index is 620. The summed E-state index contributed by atoms with van der Waals surface area (Å²) in [6.45, 7) is 10.2. The summed E-state index contributed by atoms with van der Waals surface area (Å²) in [7, 11) is 0. The SMILES string of the molecule is CC(C)(C)OC(=O)N1CCN(c2ccc(N)nc2)C(=O)C(C)(C)C1. The fourth-order valence-corrected chi connectivity index (χ4v) is 2.60. The van der Waals surface area contributed by atoms with Crippen molar-refractivity contribution in [3.63, 3.8) is 0 Å². The average Bonchev–Trinajstić information content (AvgIpc) is 2.56. The van der Waals surface area contributed by atoms with Crippen LogP contribution >= 0.6 is 0 Å². The van der Waals surface area contributed by atoms with Crippen LogP contribution in [-0.2, 0) is 9.53 Å². The third-order valence-electron chi connectivity index (χ3n) is 3.74. The van der Waals surface area contributed by atoms with Crippen LogP contribution in [-0.4, -0.2) is 47.1 Å². The van der Waals surface area contributed by atoms with Crippen molar-refractivity contribution < 1.29 is 14.3 Å². The van der Waals surface area contributed by atoms with E-state index in [9.17, 15) is 9.59 Å². The molecule has 0 radical (unpaired) electrons. The van der Waals surface area contributed by atoms with E-state index in [4.69, 9.17) is 10.5 Å². The molecular formula is C17H26N4O3. The molecule has 0 saturated carbocycles. The van der Waals surface area contributed by atoms with Crippen molar-refractivity contribution in [3.8, 4) is 0 Å². The minimum atomic E-state index is -0.727. The third-order valence-corrected chi connectivity index (χ3v) is 3.74. The summed E-state index contributed by atoms with van der Waals surface area (Å²) in [6, 6.07) is 3.42. The Morgan fingerprint density at radius 3 is 2.50 bits per heavy atom. The van der Waals surface area contributed by atoms with Gasteiger partial charge < -0.3 is 20.3 Å². The predicted octanol–water partition coefficient (Wildman–Crippen LogP) is 2.27. The van der Waals surface area contributed by atoms with Crippen LogP contribution in [0.25, 0.3) is 0 Å². The molecule has 1 aliphatic rings. The van der Waals surface area contributed by atoms with Crippen molar-refractivity contribution in [3.05, 3.63) is 18.3 Å². The molecule has 0 unspecified atom stereocenters. The number of nitrogens with zero attached hydrogens (tertiary/aromatic N) is 3. The van der Waals surface area contributed by atoms with Crippen molar-refractivity contribution >= 4 is 23.5 Å². The Hall–Kier alpha value is -2.31. The topological polar surface area (TPSA) is 88.8 Å². The molecule has 0 atom stereocenters. The second-order valence-corrected chi connectivity index (χ2v) is 7.68. The van der Waals surface area contributed by atoms with Gasteiger partial charge in [-0.2, -0.15) is 0 Å². The highest BCUT2D eigenvalue weighted by Crippen LogP contribution is 2.28. The molecule has 132 valence electrons. The van der Waals surface area contributed by atoms with Crippen molar-refractivity contribution in [2.75, 3.05) is 30.3 Å². The molecule has 1 aromatic rings. The zero-order valence-corrected chi connectivity index (χ0v) is 15.0. The van der Waals surface area contributed by atoms with Gasteiger partial charge in [-0.15, -0.1) is 0 Å². The van der Waals surface area contributed by atoms with Crippen LogP contribution in [0.2, 0.25) is 0 Å². The van der Waals surface area contributed by atoms with E-state index in [2.05, 4.69) is 4.98 Å². The molecule has 2 amide bonds. The molecule has 0 aliphatic carbocycles. The lowest BCUT2D eigenvalue weighted by Gasteiger charge is -2.30.